The van der Waals surface area contributed by atoms with Gasteiger partial charge in [0, 0.05) is 12.5 Å². The molecule has 1 aromatic rings. The molecule has 0 heterocycles. The van der Waals surface area contributed by atoms with Crippen LogP contribution in [0.3, 0.4) is 0 Å². The van der Waals surface area contributed by atoms with Gasteiger partial charge in [-0.05, 0) is 43.0 Å². The van der Waals surface area contributed by atoms with Gasteiger partial charge in [-0.3, -0.25) is 4.79 Å². The Labute approximate surface area is 94.7 Å². The van der Waals surface area contributed by atoms with E-state index in [0.717, 1.165) is 16.7 Å². The van der Waals surface area contributed by atoms with Crippen molar-refractivity contribution in [3.05, 3.63) is 28.8 Å². The summed E-state index contributed by atoms with van der Waals surface area (Å²) in [5.74, 6) is -0.602. The number of aromatic hydroxyl groups is 1. The maximum atomic E-state index is 10.4. The van der Waals surface area contributed by atoms with E-state index >= 15 is 0 Å². The molecule has 0 saturated carbocycles. The summed E-state index contributed by atoms with van der Waals surface area (Å²) in [5.41, 5.74) is 8.54. The first-order chi connectivity index (χ1) is 7.43. The van der Waals surface area contributed by atoms with Crippen LogP contribution >= 0.6 is 0 Å². The van der Waals surface area contributed by atoms with Gasteiger partial charge in [0.05, 0.1) is 0 Å². The molecule has 1 unspecified atom stereocenters. The normalized spacial score (nSPS) is 12.4. The highest BCUT2D eigenvalue weighted by molar-refractivity contribution is 5.66. The molecule has 4 heteroatoms. The number of carboxylic acid groups (broad SMARTS) is 1. The molecule has 0 fully saturated rings. The number of phenolic OH excluding ortho intramolecular Hbond substituents is 1. The average molecular weight is 223 g/mol. The molecule has 0 aliphatic rings. The maximum absolute atomic E-state index is 10.4. The van der Waals surface area contributed by atoms with E-state index in [2.05, 4.69) is 0 Å². The van der Waals surface area contributed by atoms with Crippen LogP contribution in [0.25, 0.3) is 0 Å². The van der Waals surface area contributed by atoms with Crippen molar-refractivity contribution in [1.82, 2.24) is 0 Å². The van der Waals surface area contributed by atoms with Gasteiger partial charge in [0.15, 0.2) is 0 Å². The van der Waals surface area contributed by atoms with E-state index in [1.54, 1.807) is 12.1 Å². The van der Waals surface area contributed by atoms with E-state index < -0.39 is 5.97 Å². The maximum Gasteiger partial charge on any atom is 0.303 e. The molecule has 4 N–H and O–H groups in total. The first kappa shape index (κ1) is 12.5. The minimum atomic E-state index is -0.844. The molecule has 0 amide bonds. The van der Waals surface area contributed by atoms with Gasteiger partial charge in [0.25, 0.3) is 0 Å². The quantitative estimate of drug-likeness (QED) is 0.727. The monoisotopic (exact) mass is 223 g/mol. The summed E-state index contributed by atoms with van der Waals surface area (Å²) < 4.78 is 0. The highest BCUT2D eigenvalue weighted by Crippen LogP contribution is 2.27. The third-order valence-corrected chi connectivity index (χ3v) is 2.87. The largest absolute Gasteiger partial charge is 0.508 e. The minimum absolute atomic E-state index is 0.0561. The fourth-order valence-electron chi connectivity index (χ4n) is 1.66. The van der Waals surface area contributed by atoms with Crippen LogP contribution in [0.4, 0.5) is 0 Å². The van der Waals surface area contributed by atoms with Crippen molar-refractivity contribution in [2.75, 3.05) is 0 Å². The van der Waals surface area contributed by atoms with Gasteiger partial charge in [-0.15, -0.1) is 0 Å². The molecule has 0 aliphatic carbocycles. The van der Waals surface area contributed by atoms with E-state index in [9.17, 15) is 9.90 Å². The second kappa shape index (κ2) is 4.99. The van der Waals surface area contributed by atoms with Gasteiger partial charge in [0.1, 0.15) is 5.75 Å². The van der Waals surface area contributed by atoms with Crippen LogP contribution < -0.4 is 5.73 Å². The van der Waals surface area contributed by atoms with E-state index in [0.29, 0.717) is 6.42 Å². The summed E-state index contributed by atoms with van der Waals surface area (Å²) in [5, 5.41) is 18.1. The van der Waals surface area contributed by atoms with E-state index in [1.807, 2.05) is 13.8 Å². The lowest BCUT2D eigenvalue weighted by molar-refractivity contribution is -0.137. The second-order valence-corrected chi connectivity index (χ2v) is 3.96. The Kier molecular flexibility index (Phi) is 3.90. The predicted molar refractivity (Wildman–Crippen MR) is 61.4 cm³/mol. The van der Waals surface area contributed by atoms with Crippen LogP contribution in [-0.2, 0) is 4.79 Å². The van der Waals surface area contributed by atoms with E-state index in [-0.39, 0.29) is 18.2 Å². The van der Waals surface area contributed by atoms with Crippen molar-refractivity contribution < 1.29 is 15.0 Å². The first-order valence-corrected chi connectivity index (χ1v) is 5.20. The third kappa shape index (κ3) is 2.73. The molecule has 0 aromatic heterocycles. The van der Waals surface area contributed by atoms with Gasteiger partial charge in [-0.1, -0.05) is 6.07 Å². The van der Waals surface area contributed by atoms with Gasteiger partial charge in [-0.25, -0.2) is 0 Å². The van der Waals surface area contributed by atoms with Crippen LogP contribution in [0.15, 0.2) is 12.1 Å². The van der Waals surface area contributed by atoms with Crippen LogP contribution in [0, 0.1) is 13.8 Å². The zero-order valence-electron chi connectivity index (χ0n) is 9.53. The second-order valence-electron chi connectivity index (χ2n) is 3.96. The number of benzene rings is 1. The summed E-state index contributed by atoms with van der Waals surface area (Å²) in [4.78, 5) is 10.4. The number of hydrogen-bond donors (Lipinski definition) is 3. The van der Waals surface area contributed by atoms with Gasteiger partial charge < -0.3 is 15.9 Å². The van der Waals surface area contributed by atoms with Crippen molar-refractivity contribution >= 4 is 5.97 Å². The summed E-state index contributed by atoms with van der Waals surface area (Å²) in [7, 11) is 0. The Morgan fingerprint density at radius 2 is 2.00 bits per heavy atom. The van der Waals surface area contributed by atoms with Crippen LogP contribution in [-0.4, -0.2) is 16.2 Å². The standard InChI is InChI=1S/C12H17NO3/c1-7-8(2)11(14)5-3-9(7)10(13)4-6-12(15)16/h3,5,10,14H,4,6,13H2,1-2H3,(H,15,16). The fraction of sp³-hybridized carbons (Fsp3) is 0.417. The van der Waals surface area contributed by atoms with Crippen LogP contribution in [0.1, 0.15) is 35.6 Å². The number of rotatable bonds is 4. The number of carbonyl (C=O) groups is 1. The van der Waals surface area contributed by atoms with Crippen molar-refractivity contribution in [2.45, 2.75) is 32.7 Å². The lowest BCUT2D eigenvalue weighted by atomic mass is 9.95. The highest BCUT2D eigenvalue weighted by Gasteiger charge is 2.13. The summed E-state index contributed by atoms with van der Waals surface area (Å²) >= 11 is 0. The third-order valence-electron chi connectivity index (χ3n) is 2.87. The molecule has 1 atom stereocenters. The van der Waals surface area contributed by atoms with Gasteiger partial charge in [0.2, 0.25) is 0 Å². The Balaban J connectivity index is 2.87. The molecule has 1 aromatic carbocycles. The molecule has 0 bridgehead atoms. The van der Waals surface area contributed by atoms with Gasteiger partial charge >= 0.3 is 5.97 Å². The van der Waals surface area contributed by atoms with Crippen molar-refractivity contribution in [1.29, 1.82) is 0 Å². The van der Waals surface area contributed by atoms with E-state index in [1.165, 1.54) is 0 Å². The molecule has 0 spiro atoms. The summed E-state index contributed by atoms with van der Waals surface area (Å²) in [6, 6.07) is 3.05. The number of phenols is 1. The molecule has 1 rings (SSSR count). The minimum Gasteiger partial charge on any atom is -0.508 e. The number of nitrogens with two attached hydrogens (primary N) is 1. The molecule has 4 nitrogen and oxygen atoms in total. The average Bonchev–Trinajstić information content (AvgIpc) is 2.23. The first-order valence-electron chi connectivity index (χ1n) is 5.20. The predicted octanol–water partition coefficient (Wildman–Crippen LogP) is 1.87. The van der Waals surface area contributed by atoms with E-state index in [4.69, 9.17) is 10.8 Å². The van der Waals surface area contributed by atoms with Crippen molar-refractivity contribution in [3.63, 3.8) is 0 Å². The topological polar surface area (TPSA) is 83.5 Å². The molecular weight excluding hydrogens is 206 g/mol. The Hall–Kier alpha value is -1.55. The molecular formula is C12H17NO3. The van der Waals surface area contributed by atoms with Crippen LogP contribution in [0.5, 0.6) is 5.75 Å². The van der Waals surface area contributed by atoms with Crippen LogP contribution in [0.2, 0.25) is 0 Å². The highest BCUT2D eigenvalue weighted by atomic mass is 16.4. The number of hydrogen-bond acceptors (Lipinski definition) is 3. The number of carboxylic acids is 1. The SMILES string of the molecule is Cc1c(O)ccc(C(N)CCC(=O)O)c1C. The van der Waals surface area contributed by atoms with Crippen molar-refractivity contribution in [3.8, 4) is 5.75 Å². The molecule has 0 radical (unpaired) electrons. The summed E-state index contributed by atoms with van der Waals surface area (Å²) in [6.45, 7) is 3.70. The zero-order chi connectivity index (χ0) is 12.3. The van der Waals surface area contributed by atoms with Gasteiger partial charge in [-0.2, -0.15) is 0 Å². The number of aliphatic carboxylic acids is 1. The lowest BCUT2D eigenvalue weighted by Crippen LogP contribution is -2.14. The molecule has 0 aliphatic heterocycles. The summed E-state index contributed by atoms with van der Waals surface area (Å²) in [6.07, 6.45) is 0.459. The zero-order valence-corrected chi connectivity index (χ0v) is 9.53. The Morgan fingerprint density at radius 3 is 2.56 bits per heavy atom. The Bertz CT molecular complexity index is 401. The molecule has 88 valence electrons. The fourth-order valence-corrected chi connectivity index (χ4v) is 1.66. The molecule has 0 saturated heterocycles. The smallest absolute Gasteiger partial charge is 0.303 e. The lowest BCUT2D eigenvalue weighted by Gasteiger charge is -2.16. The van der Waals surface area contributed by atoms with Crippen molar-refractivity contribution in [2.24, 2.45) is 5.73 Å². The molecule has 16 heavy (non-hydrogen) atoms. The Morgan fingerprint density at radius 1 is 1.38 bits per heavy atom.